The van der Waals surface area contributed by atoms with E-state index in [-0.39, 0.29) is 11.2 Å². The normalized spacial score (nSPS) is 11.3. The smallest absolute Gasteiger partial charge is 0.313 e. The molecule has 0 unspecified atom stereocenters. The first-order chi connectivity index (χ1) is 12.9. The zero-order valence-corrected chi connectivity index (χ0v) is 15.9. The predicted octanol–water partition coefficient (Wildman–Crippen LogP) is 3.31. The van der Waals surface area contributed by atoms with Crippen LogP contribution in [0.5, 0.6) is 0 Å². The molecule has 4 aromatic rings. The molecule has 0 aliphatic carbocycles. The fraction of sp³-hybridized carbons (Fsp3) is 0.182. The minimum atomic E-state index is -0.328. The Morgan fingerprint density at radius 2 is 1.56 bits per heavy atom. The Bertz CT molecular complexity index is 1290. The van der Waals surface area contributed by atoms with Crippen molar-refractivity contribution in [1.29, 1.82) is 0 Å². The highest BCUT2D eigenvalue weighted by molar-refractivity contribution is 5.94. The van der Waals surface area contributed by atoms with E-state index in [2.05, 4.69) is 18.2 Å². The zero-order chi connectivity index (χ0) is 19.3. The molecule has 0 N–H and O–H groups in total. The summed E-state index contributed by atoms with van der Waals surface area (Å²) >= 11 is 0. The van der Waals surface area contributed by atoms with Crippen LogP contribution in [0.1, 0.15) is 11.1 Å². The molecule has 136 valence electrons. The van der Waals surface area contributed by atoms with Crippen LogP contribution in [0.2, 0.25) is 0 Å². The summed E-state index contributed by atoms with van der Waals surface area (Å²) < 4.78 is 4.73. The number of aromatic nitrogens is 3. The van der Waals surface area contributed by atoms with E-state index < -0.39 is 0 Å². The summed E-state index contributed by atoms with van der Waals surface area (Å²) in [4.78, 5) is 25.5. The van der Waals surface area contributed by atoms with Gasteiger partial charge in [-0.2, -0.15) is 0 Å². The number of aryl methyl sites for hydroxylation is 3. The van der Waals surface area contributed by atoms with Crippen LogP contribution in [-0.2, 0) is 14.1 Å². The molecule has 0 amide bonds. The monoisotopic (exact) mass is 359 g/mol. The second-order valence-electron chi connectivity index (χ2n) is 6.97. The minimum Gasteiger partial charge on any atom is -0.313 e. The molecule has 2 aromatic heterocycles. The second-order valence-corrected chi connectivity index (χ2v) is 6.97. The Morgan fingerprint density at radius 3 is 2.26 bits per heavy atom. The zero-order valence-electron chi connectivity index (χ0n) is 15.9. The molecule has 2 aromatic carbocycles. The lowest BCUT2D eigenvalue weighted by atomic mass is 10.1. The van der Waals surface area contributed by atoms with Crippen LogP contribution in [-0.4, -0.2) is 13.7 Å². The van der Waals surface area contributed by atoms with Crippen molar-refractivity contribution < 1.29 is 0 Å². The van der Waals surface area contributed by atoms with Gasteiger partial charge in [-0.05, 0) is 36.6 Å². The van der Waals surface area contributed by atoms with Crippen molar-refractivity contribution in [3.8, 4) is 16.9 Å². The average molecular weight is 359 g/mol. The molecule has 4 rings (SSSR count). The first-order valence-corrected chi connectivity index (χ1v) is 8.84. The molecule has 0 atom stereocenters. The Morgan fingerprint density at radius 1 is 0.852 bits per heavy atom. The van der Waals surface area contributed by atoms with Gasteiger partial charge in [0.1, 0.15) is 0 Å². The van der Waals surface area contributed by atoms with Crippen molar-refractivity contribution in [2.24, 2.45) is 14.1 Å². The van der Waals surface area contributed by atoms with Gasteiger partial charge < -0.3 is 4.57 Å². The van der Waals surface area contributed by atoms with Crippen LogP contribution in [0, 0.1) is 13.8 Å². The largest absolute Gasteiger partial charge is 0.330 e. The summed E-state index contributed by atoms with van der Waals surface area (Å²) in [5.74, 6) is 0. The highest BCUT2D eigenvalue weighted by Crippen LogP contribution is 2.32. The van der Waals surface area contributed by atoms with Gasteiger partial charge in [-0.25, -0.2) is 4.79 Å². The van der Waals surface area contributed by atoms with Gasteiger partial charge in [0.05, 0.1) is 16.6 Å². The fourth-order valence-electron chi connectivity index (χ4n) is 3.59. The van der Waals surface area contributed by atoms with Crippen molar-refractivity contribution in [3.05, 3.63) is 86.7 Å². The van der Waals surface area contributed by atoms with Gasteiger partial charge in [-0.15, -0.1) is 0 Å². The van der Waals surface area contributed by atoms with Crippen molar-refractivity contribution >= 4 is 10.9 Å². The maximum atomic E-state index is 13.0. The average Bonchev–Trinajstić information content (AvgIpc) is 3.07. The fourth-order valence-corrected chi connectivity index (χ4v) is 3.59. The number of hydrogen-bond acceptors (Lipinski definition) is 2. The lowest BCUT2D eigenvalue weighted by Crippen LogP contribution is -2.36. The van der Waals surface area contributed by atoms with E-state index in [4.69, 9.17) is 0 Å². The van der Waals surface area contributed by atoms with E-state index >= 15 is 0 Å². The highest BCUT2D eigenvalue weighted by Gasteiger charge is 2.20. The molecule has 0 spiro atoms. The van der Waals surface area contributed by atoms with Crippen molar-refractivity contribution in [2.75, 3.05) is 0 Å². The molecule has 0 aliphatic rings. The summed E-state index contributed by atoms with van der Waals surface area (Å²) in [5, 5.41) is 0.548. The second kappa shape index (κ2) is 6.13. The number of rotatable bonds is 2. The maximum absolute atomic E-state index is 13.0. The first kappa shape index (κ1) is 17.1. The van der Waals surface area contributed by atoms with Gasteiger partial charge in [0.15, 0.2) is 0 Å². The van der Waals surface area contributed by atoms with E-state index in [1.807, 2.05) is 54.9 Å². The third kappa shape index (κ3) is 2.54. The summed E-state index contributed by atoms with van der Waals surface area (Å²) in [6, 6.07) is 16.1. The molecule has 5 nitrogen and oxygen atoms in total. The molecule has 2 heterocycles. The first-order valence-electron chi connectivity index (χ1n) is 8.84. The van der Waals surface area contributed by atoms with Crippen molar-refractivity contribution in [1.82, 2.24) is 13.7 Å². The molecule has 5 heteroatoms. The van der Waals surface area contributed by atoms with Crippen LogP contribution >= 0.6 is 0 Å². The van der Waals surface area contributed by atoms with E-state index in [1.165, 1.54) is 16.2 Å². The van der Waals surface area contributed by atoms with E-state index in [1.54, 1.807) is 7.05 Å². The van der Waals surface area contributed by atoms with Crippen LogP contribution in [0.3, 0.4) is 0 Å². The predicted molar refractivity (Wildman–Crippen MR) is 109 cm³/mol. The van der Waals surface area contributed by atoms with Gasteiger partial charge in [-0.1, -0.05) is 42.5 Å². The van der Waals surface area contributed by atoms with Crippen LogP contribution in [0.15, 0.2) is 64.3 Å². The lowest BCUT2D eigenvalue weighted by molar-refractivity contribution is 0.714. The van der Waals surface area contributed by atoms with Crippen molar-refractivity contribution in [3.63, 3.8) is 0 Å². The Balaban J connectivity index is 2.25. The van der Waals surface area contributed by atoms with Gasteiger partial charge in [0, 0.05) is 26.0 Å². The minimum absolute atomic E-state index is 0.281. The Kier molecular flexibility index (Phi) is 3.88. The van der Waals surface area contributed by atoms with Gasteiger partial charge >= 0.3 is 5.69 Å². The molecular weight excluding hydrogens is 338 g/mol. The quantitative estimate of drug-likeness (QED) is 0.551. The lowest BCUT2D eigenvalue weighted by Gasteiger charge is -2.13. The molecular formula is C22H21N3O2. The molecule has 0 saturated heterocycles. The van der Waals surface area contributed by atoms with Gasteiger partial charge in [0.2, 0.25) is 0 Å². The molecule has 0 fully saturated rings. The number of fused-ring (bicyclic) bond motifs is 1. The van der Waals surface area contributed by atoms with Gasteiger partial charge in [-0.3, -0.25) is 13.9 Å². The third-order valence-electron chi connectivity index (χ3n) is 5.11. The van der Waals surface area contributed by atoms with E-state index in [0.717, 1.165) is 28.1 Å². The van der Waals surface area contributed by atoms with Gasteiger partial charge in [0.25, 0.3) is 5.56 Å². The Labute approximate surface area is 156 Å². The van der Waals surface area contributed by atoms with Crippen molar-refractivity contribution in [2.45, 2.75) is 13.8 Å². The summed E-state index contributed by atoms with van der Waals surface area (Å²) in [5.41, 5.74) is 4.98. The SMILES string of the molecule is Cc1ccc(C)c(-n2cc3c(c2-c2ccccc2)c(=O)n(C)c(=O)n3C)c1. The molecule has 0 radical (unpaired) electrons. The summed E-state index contributed by atoms with van der Waals surface area (Å²) in [6.45, 7) is 4.09. The maximum Gasteiger partial charge on any atom is 0.330 e. The molecule has 0 bridgehead atoms. The van der Waals surface area contributed by atoms with Crippen LogP contribution < -0.4 is 11.2 Å². The standard InChI is InChI=1S/C22H21N3O2/c1-14-10-11-15(2)17(12-14)25-13-18-19(20(25)16-8-6-5-7-9-16)21(26)24(4)22(27)23(18)3/h5-13H,1-4H3. The number of nitrogens with zero attached hydrogens (tertiary/aromatic N) is 3. The van der Waals surface area contributed by atoms with Crippen LogP contribution in [0.25, 0.3) is 27.8 Å². The molecule has 27 heavy (non-hydrogen) atoms. The molecule has 0 aliphatic heterocycles. The highest BCUT2D eigenvalue weighted by atomic mass is 16.2. The Hall–Kier alpha value is -3.34. The van der Waals surface area contributed by atoms with E-state index in [9.17, 15) is 9.59 Å². The summed E-state index contributed by atoms with van der Waals surface area (Å²) in [7, 11) is 3.22. The topological polar surface area (TPSA) is 48.9 Å². The number of hydrogen-bond donors (Lipinski definition) is 0. The van der Waals surface area contributed by atoms with Crippen LogP contribution in [0.4, 0.5) is 0 Å². The van der Waals surface area contributed by atoms with E-state index in [0.29, 0.717) is 10.9 Å². The third-order valence-corrected chi connectivity index (χ3v) is 5.11. The summed E-state index contributed by atoms with van der Waals surface area (Å²) in [6.07, 6.45) is 1.89. The molecule has 0 saturated carbocycles. The number of benzene rings is 2.